The molecule has 0 fully saturated rings. The Kier molecular flexibility index (Phi) is 8.08. The maximum atomic E-state index is 2.59. The van der Waals surface area contributed by atoms with Crippen LogP contribution >= 0.6 is 22.7 Å². The minimum Gasteiger partial charge on any atom is -0.135 e. The fraction of sp³-hybridized carbons (Fsp3) is 0.0123. The van der Waals surface area contributed by atoms with E-state index in [0.717, 1.165) is 0 Å². The van der Waals surface area contributed by atoms with Crippen molar-refractivity contribution in [3.8, 4) is 55.6 Å². The van der Waals surface area contributed by atoms with Gasteiger partial charge in [-0.15, -0.1) is 22.7 Å². The lowest BCUT2D eigenvalue weighted by Gasteiger charge is -2.21. The molecule has 21 rings (SSSR count). The monoisotopic (exact) mass is 1080 g/mol. The van der Waals surface area contributed by atoms with E-state index in [2.05, 4.69) is 244 Å². The molecule has 0 bridgehead atoms. The fourth-order valence-electron chi connectivity index (χ4n) is 16.6. The number of hydrogen-bond donors (Lipinski definition) is 0. The van der Waals surface area contributed by atoms with Crippen LogP contribution in [0.1, 0.15) is 5.56 Å². The smallest absolute Gasteiger partial charge is 0.0434 e. The van der Waals surface area contributed by atoms with Crippen molar-refractivity contribution in [3.05, 3.63) is 242 Å². The van der Waals surface area contributed by atoms with Crippen molar-refractivity contribution < 1.29 is 0 Å². The van der Waals surface area contributed by atoms with E-state index in [1.165, 1.54) is 220 Å². The zero-order chi connectivity index (χ0) is 53.7. The predicted molar refractivity (Wildman–Crippen MR) is 364 cm³/mol. The minimum atomic E-state index is 1.29. The lowest BCUT2D eigenvalue weighted by atomic mass is 9.82. The molecule has 2 heterocycles. The first-order valence-corrected chi connectivity index (χ1v) is 30.6. The van der Waals surface area contributed by atoms with Crippen molar-refractivity contribution in [2.24, 2.45) is 0 Å². The van der Waals surface area contributed by atoms with Crippen LogP contribution in [0.15, 0.2) is 237 Å². The van der Waals surface area contributed by atoms with Crippen molar-refractivity contribution >= 4 is 182 Å². The van der Waals surface area contributed by atoms with Gasteiger partial charge >= 0.3 is 0 Å². The lowest BCUT2D eigenvalue weighted by molar-refractivity contribution is 1.47. The van der Waals surface area contributed by atoms with Crippen LogP contribution in [0, 0.1) is 6.92 Å². The van der Waals surface area contributed by atoms with E-state index in [9.17, 15) is 0 Å². The first-order valence-electron chi connectivity index (χ1n) is 29.0. The third-order valence-electron chi connectivity index (χ3n) is 19.8. The summed E-state index contributed by atoms with van der Waals surface area (Å²) in [7, 11) is 0. The van der Waals surface area contributed by atoms with Crippen LogP contribution in [0.3, 0.4) is 0 Å². The van der Waals surface area contributed by atoms with Gasteiger partial charge in [0.25, 0.3) is 0 Å². The van der Waals surface area contributed by atoms with Gasteiger partial charge in [0, 0.05) is 51.5 Å². The molecule has 2 heteroatoms. The molecule has 0 saturated heterocycles. The van der Waals surface area contributed by atoms with E-state index >= 15 is 0 Å². The number of thiophene rings is 2. The predicted octanol–water partition coefficient (Wildman–Crippen LogP) is 24.4. The molecule has 0 amide bonds. The summed E-state index contributed by atoms with van der Waals surface area (Å²) in [6.45, 7) is 2.27. The quantitative estimate of drug-likeness (QED) is 0.122. The van der Waals surface area contributed by atoms with E-state index < -0.39 is 0 Å². The average Bonchev–Trinajstić information content (AvgIpc) is 1.72. The number of benzene rings is 16. The molecule has 18 aromatic carbocycles. The Morgan fingerprint density at radius 1 is 0.193 bits per heavy atom. The van der Waals surface area contributed by atoms with Crippen LogP contribution in [-0.4, -0.2) is 0 Å². The molecule has 0 aliphatic heterocycles. The maximum Gasteiger partial charge on any atom is 0.0434 e. The highest BCUT2D eigenvalue weighted by Gasteiger charge is 2.35. The number of fused-ring (bicyclic) bond motifs is 21. The highest BCUT2D eigenvalue weighted by molar-refractivity contribution is 7.26. The van der Waals surface area contributed by atoms with Crippen molar-refractivity contribution in [2.75, 3.05) is 0 Å². The second-order valence-electron chi connectivity index (χ2n) is 23.5. The molecule has 0 nitrogen and oxygen atoms in total. The average molecular weight is 1080 g/mol. The standard InChI is InChI=1S/C81H42S2/c1-41-16-2-3-17-42(41)67-45-20-4-5-21-46(45)70-49-24-8-9-25-50(49)76-75-58-37-34-52-54-36-39-60-74-59(38-35-53(69(54)74)51-32-33-55(71(58)68(51)52)63(75)40-64(67)79(70)76)77-72(61-28-14-26-56-43-18-10-12-30-65(43)82-80(56)61)47-22-6-7-23-48(47)73(78(60)77)62-29-15-27-57-44-19-11-13-31-66(44)83-81(57)62/h2-40H,1H3. The van der Waals surface area contributed by atoms with Crippen LogP contribution in [0.5, 0.6) is 0 Å². The second-order valence-corrected chi connectivity index (χ2v) is 25.6. The summed E-state index contributed by atoms with van der Waals surface area (Å²) < 4.78 is 5.33. The van der Waals surface area contributed by atoms with Crippen LogP contribution in [-0.2, 0) is 0 Å². The first-order chi connectivity index (χ1) is 41.2. The molecule has 83 heavy (non-hydrogen) atoms. The largest absolute Gasteiger partial charge is 0.135 e. The summed E-state index contributed by atoms with van der Waals surface area (Å²) in [5.41, 5.74) is 14.5. The fourth-order valence-corrected chi connectivity index (χ4v) is 19.1. The normalized spacial score (nSPS) is 12.9. The van der Waals surface area contributed by atoms with E-state index in [0.29, 0.717) is 0 Å². The Morgan fingerprint density at radius 3 is 1.11 bits per heavy atom. The van der Waals surface area contributed by atoms with Crippen molar-refractivity contribution in [2.45, 2.75) is 6.92 Å². The first kappa shape index (κ1) is 43.8. The van der Waals surface area contributed by atoms with E-state index in [-0.39, 0.29) is 0 Å². The maximum absolute atomic E-state index is 2.59. The highest BCUT2D eigenvalue weighted by atomic mass is 32.1. The molecule has 378 valence electrons. The third kappa shape index (κ3) is 5.23. The molecule has 20 aromatic rings. The van der Waals surface area contributed by atoms with Crippen LogP contribution in [0.2, 0.25) is 0 Å². The lowest BCUT2D eigenvalue weighted by Crippen LogP contribution is -1.94. The molecule has 1 aliphatic rings. The molecule has 0 N–H and O–H groups in total. The zero-order valence-electron chi connectivity index (χ0n) is 44.8. The molecule has 2 aromatic heterocycles. The van der Waals surface area contributed by atoms with Crippen LogP contribution < -0.4 is 0 Å². The Balaban J connectivity index is 0.908. The van der Waals surface area contributed by atoms with Crippen LogP contribution in [0.25, 0.3) is 214 Å². The van der Waals surface area contributed by atoms with Gasteiger partial charge in [0.1, 0.15) is 0 Å². The molecule has 0 radical (unpaired) electrons. The van der Waals surface area contributed by atoms with Gasteiger partial charge in [-0.1, -0.05) is 218 Å². The van der Waals surface area contributed by atoms with Crippen LogP contribution in [0.4, 0.5) is 0 Å². The molecular weight excluding hydrogens is 1040 g/mol. The van der Waals surface area contributed by atoms with Crippen molar-refractivity contribution in [1.29, 1.82) is 0 Å². The SMILES string of the molecule is Cc1ccccc1-c1c2ccccc2c2c3ccccc3c3c4c(cc1c23)c1ccc2c3ccc5c6c(ccc(c7ccc4c1c27)c63)-c1c-5c(-c2cccc3c2sc2ccccc23)c2ccccc2c1-c1cccc2c1sc1ccccc12. The Hall–Kier alpha value is -9.96. The van der Waals surface area contributed by atoms with Gasteiger partial charge in [0.2, 0.25) is 0 Å². The van der Waals surface area contributed by atoms with E-state index in [4.69, 9.17) is 0 Å². The van der Waals surface area contributed by atoms with Crippen molar-refractivity contribution in [1.82, 2.24) is 0 Å². The summed E-state index contributed by atoms with van der Waals surface area (Å²) in [5.74, 6) is 0. The molecule has 1 aliphatic carbocycles. The topological polar surface area (TPSA) is 0 Å². The highest BCUT2D eigenvalue weighted by Crippen LogP contribution is 2.63. The summed E-state index contributed by atoms with van der Waals surface area (Å²) in [6.07, 6.45) is 0. The summed E-state index contributed by atoms with van der Waals surface area (Å²) in [5, 5.41) is 34.8. The number of rotatable bonds is 3. The molecule has 0 atom stereocenters. The Morgan fingerprint density at radius 2 is 0.542 bits per heavy atom. The van der Waals surface area contributed by atoms with E-state index in [1.54, 1.807) is 0 Å². The third-order valence-corrected chi connectivity index (χ3v) is 22.2. The second kappa shape index (κ2) is 15.3. The van der Waals surface area contributed by atoms with Gasteiger partial charge in [0.15, 0.2) is 0 Å². The molecular formula is C81H42S2. The van der Waals surface area contributed by atoms with Gasteiger partial charge in [0.05, 0.1) is 0 Å². The summed E-state index contributed by atoms with van der Waals surface area (Å²) in [6, 6.07) is 91.2. The minimum absolute atomic E-state index is 1.29. The Bertz CT molecular complexity index is 6150. The summed E-state index contributed by atoms with van der Waals surface area (Å²) in [4.78, 5) is 0. The van der Waals surface area contributed by atoms with Crippen molar-refractivity contribution in [3.63, 3.8) is 0 Å². The zero-order valence-corrected chi connectivity index (χ0v) is 46.5. The van der Waals surface area contributed by atoms with Gasteiger partial charge in [-0.3, -0.25) is 0 Å². The van der Waals surface area contributed by atoms with Gasteiger partial charge in [-0.05, 0) is 194 Å². The van der Waals surface area contributed by atoms with E-state index in [1.807, 2.05) is 22.7 Å². The molecule has 0 unspecified atom stereocenters. The molecule has 0 spiro atoms. The number of hydrogen-bond acceptors (Lipinski definition) is 2. The van der Waals surface area contributed by atoms with Gasteiger partial charge < -0.3 is 0 Å². The Labute approximate surface area is 482 Å². The molecule has 0 saturated carbocycles. The summed E-state index contributed by atoms with van der Waals surface area (Å²) >= 11 is 3.87. The number of aryl methyl sites for hydroxylation is 1. The van der Waals surface area contributed by atoms with Gasteiger partial charge in [-0.25, -0.2) is 0 Å². The van der Waals surface area contributed by atoms with Gasteiger partial charge in [-0.2, -0.15) is 0 Å².